The summed E-state index contributed by atoms with van der Waals surface area (Å²) in [7, 11) is 0. The van der Waals surface area contributed by atoms with E-state index in [1.165, 1.54) is 0 Å². The van der Waals surface area contributed by atoms with Crippen molar-refractivity contribution in [3.63, 3.8) is 0 Å². The molecule has 1 fully saturated rings. The largest absolute Gasteiger partial charge is 0.452 e. The lowest BCUT2D eigenvalue weighted by Crippen LogP contribution is -2.36. The zero-order valence-corrected chi connectivity index (χ0v) is 12.3. The number of rotatable bonds is 4. The fourth-order valence-electron chi connectivity index (χ4n) is 2.47. The third-order valence-corrected chi connectivity index (χ3v) is 3.65. The molecule has 1 saturated carbocycles. The summed E-state index contributed by atoms with van der Waals surface area (Å²) >= 11 is 0. The summed E-state index contributed by atoms with van der Waals surface area (Å²) in [6.45, 7) is -0.490. The van der Waals surface area contributed by atoms with E-state index in [2.05, 4.69) is 5.32 Å². The van der Waals surface area contributed by atoms with Crippen molar-refractivity contribution in [2.75, 3.05) is 12.3 Å². The van der Waals surface area contributed by atoms with Crippen molar-refractivity contribution in [1.29, 1.82) is 0 Å². The number of halogens is 3. The number of hydrogen-bond acceptors (Lipinski definition) is 4. The molecule has 0 aliphatic heterocycles. The SMILES string of the molecule is Nc1cc(C(F)(F)F)ccc1C(=O)OCC(=O)NC1CCCC1. The minimum Gasteiger partial charge on any atom is -0.452 e. The first kappa shape index (κ1) is 17.1. The smallest absolute Gasteiger partial charge is 0.416 e. The van der Waals surface area contributed by atoms with E-state index in [1.54, 1.807) is 0 Å². The third-order valence-electron chi connectivity index (χ3n) is 3.65. The van der Waals surface area contributed by atoms with E-state index in [0.717, 1.165) is 37.8 Å². The number of esters is 1. The Morgan fingerprint density at radius 1 is 1.26 bits per heavy atom. The van der Waals surface area contributed by atoms with E-state index in [-0.39, 0.29) is 17.3 Å². The van der Waals surface area contributed by atoms with Crippen molar-refractivity contribution in [2.24, 2.45) is 0 Å². The maximum absolute atomic E-state index is 12.5. The summed E-state index contributed by atoms with van der Waals surface area (Å²) in [6.07, 6.45) is -0.658. The summed E-state index contributed by atoms with van der Waals surface area (Å²) in [6, 6.07) is 2.44. The van der Waals surface area contributed by atoms with E-state index in [4.69, 9.17) is 10.5 Å². The summed E-state index contributed by atoms with van der Waals surface area (Å²) in [4.78, 5) is 23.4. The average molecular weight is 330 g/mol. The highest BCUT2D eigenvalue weighted by molar-refractivity contribution is 5.96. The third kappa shape index (κ3) is 4.61. The standard InChI is InChI=1S/C15H17F3N2O3/c16-15(17,18)9-5-6-11(12(19)7-9)14(22)23-8-13(21)20-10-3-1-2-4-10/h5-7,10H,1-4,8,19H2,(H,20,21). The van der Waals surface area contributed by atoms with Crippen LogP contribution in [0.1, 0.15) is 41.6 Å². The van der Waals surface area contributed by atoms with Crippen molar-refractivity contribution in [2.45, 2.75) is 37.9 Å². The van der Waals surface area contributed by atoms with Gasteiger partial charge in [-0.2, -0.15) is 13.2 Å². The molecule has 1 aliphatic rings. The van der Waals surface area contributed by atoms with Crippen LogP contribution in [0.4, 0.5) is 18.9 Å². The summed E-state index contributed by atoms with van der Waals surface area (Å²) in [5, 5.41) is 2.73. The van der Waals surface area contributed by atoms with Crippen LogP contribution in [0.15, 0.2) is 18.2 Å². The summed E-state index contributed by atoms with van der Waals surface area (Å²) in [5.41, 5.74) is 3.95. The van der Waals surface area contributed by atoms with E-state index in [1.807, 2.05) is 0 Å². The van der Waals surface area contributed by atoms with Crippen molar-refractivity contribution in [1.82, 2.24) is 5.32 Å². The first-order valence-corrected chi connectivity index (χ1v) is 7.20. The van der Waals surface area contributed by atoms with Gasteiger partial charge < -0.3 is 15.8 Å². The number of benzene rings is 1. The van der Waals surface area contributed by atoms with E-state index >= 15 is 0 Å². The Morgan fingerprint density at radius 3 is 2.48 bits per heavy atom. The van der Waals surface area contributed by atoms with Crippen LogP contribution >= 0.6 is 0 Å². The van der Waals surface area contributed by atoms with Crippen LogP contribution in [0.25, 0.3) is 0 Å². The Bertz CT molecular complexity index is 596. The highest BCUT2D eigenvalue weighted by atomic mass is 19.4. The molecule has 5 nitrogen and oxygen atoms in total. The van der Waals surface area contributed by atoms with Gasteiger partial charge in [0.15, 0.2) is 6.61 Å². The van der Waals surface area contributed by atoms with Crippen LogP contribution in [0.5, 0.6) is 0 Å². The highest BCUT2D eigenvalue weighted by Crippen LogP contribution is 2.31. The Kier molecular flexibility index (Phi) is 5.12. The van der Waals surface area contributed by atoms with Crippen LogP contribution in [-0.4, -0.2) is 24.5 Å². The fraction of sp³-hybridized carbons (Fsp3) is 0.467. The topological polar surface area (TPSA) is 81.4 Å². The minimum absolute atomic E-state index is 0.0948. The molecular formula is C15H17F3N2O3. The van der Waals surface area contributed by atoms with Crippen molar-refractivity contribution in [3.05, 3.63) is 29.3 Å². The molecule has 0 saturated heterocycles. The Hall–Kier alpha value is -2.25. The zero-order chi connectivity index (χ0) is 17.0. The van der Waals surface area contributed by atoms with Gasteiger partial charge >= 0.3 is 12.1 Å². The number of ether oxygens (including phenoxy) is 1. The fourth-order valence-corrected chi connectivity index (χ4v) is 2.47. The minimum atomic E-state index is -4.54. The molecule has 3 N–H and O–H groups in total. The molecule has 1 aromatic carbocycles. The van der Waals surface area contributed by atoms with Crippen LogP contribution in [-0.2, 0) is 15.7 Å². The Morgan fingerprint density at radius 2 is 1.91 bits per heavy atom. The van der Waals surface area contributed by atoms with Gasteiger partial charge in [0.25, 0.3) is 5.91 Å². The van der Waals surface area contributed by atoms with Gasteiger partial charge in [-0.3, -0.25) is 4.79 Å². The molecule has 23 heavy (non-hydrogen) atoms. The van der Waals surface area contributed by atoms with Crippen LogP contribution < -0.4 is 11.1 Å². The van der Waals surface area contributed by atoms with Crippen LogP contribution in [0.3, 0.4) is 0 Å². The first-order valence-electron chi connectivity index (χ1n) is 7.20. The van der Waals surface area contributed by atoms with E-state index < -0.39 is 30.2 Å². The molecule has 2 rings (SSSR count). The average Bonchev–Trinajstić information content (AvgIpc) is 2.96. The lowest BCUT2D eigenvalue weighted by Gasteiger charge is -2.13. The predicted octanol–water partition coefficient (Wildman–Crippen LogP) is 2.50. The number of amides is 1. The molecule has 0 heterocycles. The number of nitrogens with one attached hydrogen (secondary N) is 1. The molecule has 0 spiro atoms. The van der Waals surface area contributed by atoms with Crippen molar-refractivity contribution < 1.29 is 27.5 Å². The van der Waals surface area contributed by atoms with E-state index in [0.29, 0.717) is 6.07 Å². The van der Waals surface area contributed by atoms with Crippen molar-refractivity contribution >= 4 is 17.6 Å². The predicted molar refractivity (Wildman–Crippen MR) is 76.5 cm³/mol. The second kappa shape index (κ2) is 6.89. The van der Waals surface area contributed by atoms with Gasteiger partial charge in [0.2, 0.25) is 0 Å². The maximum atomic E-state index is 12.5. The summed E-state index contributed by atoms with van der Waals surface area (Å²) in [5.74, 6) is -1.37. The molecule has 1 amide bonds. The number of alkyl halides is 3. The first-order chi connectivity index (χ1) is 10.8. The molecule has 0 bridgehead atoms. The van der Waals surface area contributed by atoms with Gasteiger partial charge in [-0.1, -0.05) is 12.8 Å². The van der Waals surface area contributed by atoms with Gasteiger partial charge in [-0.25, -0.2) is 4.79 Å². The lowest BCUT2D eigenvalue weighted by atomic mass is 10.1. The van der Waals surface area contributed by atoms with Gasteiger partial charge in [0.1, 0.15) is 0 Å². The Balaban J connectivity index is 1.91. The van der Waals surface area contributed by atoms with Crippen LogP contribution in [0.2, 0.25) is 0 Å². The second-order valence-electron chi connectivity index (χ2n) is 5.42. The van der Waals surface area contributed by atoms with Crippen molar-refractivity contribution in [3.8, 4) is 0 Å². The normalized spacial score (nSPS) is 15.4. The molecule has 126 valence electrons. The molecule has 0 aromatic heterocycles. The summed E-state index contributed by atoms with van der Waals surface area (Å²) < 4.78 is 42.4. The van der Waals surface area contributed by atoms with Gasteiger partial charge in [-0.15, -0.1) is 0 Å². The molecule has 0 unspecified atom stereocenters. The Labute approximate surface area is 131 Å². The van der Waals surface area contributed by atoms with E-state index in [9.17, 15) is 22.8 Å². The molecule has 0 radical (unpaired) electrons. The second-order valence-corrected chi connectivity index (χ2v) is 5.42. The number of nitrogens with two attached hydrogens (primary N) is 1. The number of carbonyl (C=O) groups excluding carboxylic acids is 2. The van der Waals surface area contributed by atoms with Gasteiger partial charge in [-0.05, 0) is 31.0 Å². The quantitative estimate of drug-likeness (QED) is 0.656. The van der Waals surface area contributed by atoms with Gasteiger partial charge in [0, 0.05) is 11.7 Å². The number of anilines is 1. The molecule has 8 heteroatoms. The number of nitrogen functional groups attached to an aromatic ring is 1. The molecular weight excluding hydrogens is 313 g/mol. The molecule has 1 aromatic rings. The lowest BCUT2D eigenvalue weighted by molar-refractivity contribution is -0.137. The number of hydrogen-bond donors (Lipinski definition) is 2. The number of carbonyl (C=O) groups is 2. The monoisotopic (exact) mass is 330 g/mol. The zero-order valence-electron chi connectivity index (χ0n) is 12.3. The molecule has 0 atom stereocenters. The molecule has 1 aliphatic carbocycles. The van der Waals surface area contributed by atoms with Gasteiger partial charge in [0.05, 0.1) is 11.1 Å². The maximum Gasteiger partial charge on any atom is 0.416 e. The highest BCUT2D eigenvalue weighted by Gasteiger charge is 2.31. The van der Waals surface area contributed by atoms with Crippen LogP contribution in [0, 0.1) is 0 Å².